The van der Waals surface area contributed by atoms with Crippen molar-refractivity contribution in [2.24, 2.45) is 0 Å². The van der Waals surface area contributed by atoms with Gasteiger partial charge >= 0.3 is 5.97 Å². The lowest BCUT2D eigenvalue weighted by molar-refractivity contribution is -0.164. The van der Waals surface area contributed by atoms with E-state index in [0.29, 0.717) is 13.0 Å². The Kier molecular flexibility index (Phi) is 7.68. The fraction of sp³-hybridized carbons (Fsp3) is 0.235. The van der Waals surface area contributed by atoms with Crippen LogP contribution in [-0.4, -0.2) is 34.6 Å². The van der Waals surface area contributed by atoms with Crippen molar-refractivity contribution in [1.29, 1.82) is 0 Å². The molecule has 1 aliphatic rings. The number of esters is 1. The summed E-state index contributed by atoms with van der Waals surface area (Å²) in [4.78, 5) is 30.1. The fourth-order valence-corrected chi connectivity index (χ4v) is 10.6. The summed E-state index contributed by atoms with van der Waals surface area (Å²) in [7, 11) is -2.44. The minimum atomic E-state index is -2.44. The highest BCUT2D eigenvalue weighted by Gasteiger charge is 2.60. The zero-order chi connectivity index (χ0) is 27.5. The van der Waals surface area contributed by atoms with Crippen molar-refractivity contribution in [1.82, 2.24) is 4.90 Å². The average molecular weight is 537 g/mol. The summed E-state index contributed by atoms with van der Waals surface area (Å²) < 4.78 is 5.87. The minimum Gasteiger partial charge on any atom is -0.458 e. The van der Waals surface area contributed by atoms with E-state index in [9.17, 15) is 9.59 Å². The molecule has 1 heterocycles. The van der Waals surface area contributed by atoms with Crippen molar-refractivity contribution in [3.8, 4) is 0 Å². The Bertz CT molecular complexity index is 1310. The van der Waals surface area contributed by atoms with Crippen LogP contribution in [0.4, 0.5) is 0 Å². The second-order valence-electron chi connectivity index (χ2n) is 10.9. The van der Waals surface area contributed by atoms with E-state index in [4.69, 9.17) is 4.74 Å². The number of ether oxygens (including phenoxy) is 1. The molecule has 0 N–H and O–H groups in total. The first kappa shape index (κ1) is 26.8. The van der Waals surface area contributed by atoms with Gasteiger partial charge in [-0.2, -0.15) is 0 Å². The topological polar surface area (TPSA) is 46.6 Å². The van der Waals surface area contributed by atoms with Gasteiger partial charge in [0.15, 0.2) is 11.7 Å². The van der Waals surface area contributed by atoms with Crippen LogP contribution in [-0.2, 0) is 14.3 Å². The number of hydrogen-bond acceptors (Lipinski definition) is 3. The number of nitrogens with zero attached hydrogens (tertiary/aromatic N) is 1. The Morgan fingerprint density at radius 1 is 0.744 bits per heavy atom. The Morgan fingerprint density at radius 2 is 1.15 bits per heavy atom. The highest BCUT2D eigenvalue weighted by Crippen LogP contribution is 2.62. The SMILES string of the molecule is CC(C)(C)OC(=O)C(c1ccccc1)N1CCC([P+](c2ccccc2)(c2ccccc2)c2ccccc2)C1=O. The van der Waals surface area contributed by atoms with Crippen LogP contribution in [0.25, 0.3) is 0 Å². The summed E-state index contributed by atoms with van der Waals surface area (Å²) in [5.74, 6) is -0.398. The highest BCUT2D eigenvalue weighted by atomic mass is 31.2. The van der Waals surface area contributed by atoms with E-state index in [-0.39, 0.29) is 11.6 Å². The number of carbonyl (C=O) groups is 2. The van der Waals surface area contributed by atoms with Gasteiger partial charge in [-0.05, 0) is 62.7 Å². The molecule has 4 aromatic carbocycles. The first-order valence-corrected chi connectivity index (χ1v) is 15.3. The van der Waals surface area contributed by atoms with Crippen molar-refractivity contribution in [2.75, 3.05) is 6.54 Å². The van der Waals surface area contributed by atoms with E-state index < -0.39 is 24.9 Å². The van der Waals surface area contributed by atoms with Crippen LogP contribution in [0.2, 0.25) is 0 Å². The van der Waals surface area contributed by atoms with Gasteiger partial charge in [0.2, 0.25) is 0 Å². The van der Waals surface area contributed by atoms with Crippen molar-refractivity contribution in [3.05, 3.63) is 127 Å². The monoisotopic (exact) mass is 536 g/mol. The summed E-state index contributed by atoms with van der Waals surface area (Å²) >= 11 is 0. The second kappa shape index (κ2) is 11.2. The number of likely N-dealkylation sites (tertiary alicyclic amines) is 1. The van der Waals surface area contributed by atoms with Crippen LogP contribution < -0.4 is 15.9 Å². The molecular formula is C34H35NO3P+. The molecule has 2 unspecified atom stereocenters. The van der Waals surface area contributed by atoms with Gasteiger partial charge in [-0.15, -0.1) is 0 Å². The van der Waals surface area contributed by atoms with Gasteiger partial charge in [-0.3, -0.25) is 4.79 Å². The third-order valence-corrected chi connectivity index (χ3v) is 12.0. The molecule has 0 spiro atoms. The molecule has 0 aliphatic carbocycles. The lowest BCUT2D eigenvalue weighted by atomic mass is 10.1. The molecule has 5 heteroatoms. The molecule has 0 aromatic heterocycles. The van der Waals surface area contributed by atoms with Gasteiger partial charge in [0.1, 0.15) is 28.8 Å². The lowest BCUT2D eigenvalue weighted by Crippen LogP contribution is -2.45. The molecule has 1 saturated heterocycles. The summed E-state index contributed by atoms with van der Waals surface area (Å²) in [6.45, 7) is 6.06. The maximum atomic E-state index is 14.7. The van der Waals surface area contributed by atoms with Crippen molar-refractivity contribution < 1.29 is 14.3 Å². The highest BCUT2D eigenvalue weighted by molar-refractivity contribution is 7.96. The summed E-state index contributed by atoms with van der Waals surface area (Å²) in [5.41, 5.74) is -0.205. The van der Waals surface area contributed by atoms with Gasteiger partial charge in [-0.1, -0.05) is 84.9 Å². The predicted molar refractivity (Wildman–Crippen MR) is 160 cm³/mol. The van der Waals surface area contributed by atoms with Crippen LogP contribution >= 0.6 is 7.26 Å². The largest absolute Gasteiger partial charge is 0.458 e. The van der Waals surface area contributed by atoms with Crippen LogP contribution in [0.5, 0.6) is 0 Å². The molecule has 5 rings (SSSR count). The molecule has 1 fully saturated rings. The maximum Gasteiger partial charge on any atom is 0.334 e. The van der Waals surface area contributed by atoms with E-state index in [2.05, 4.69) is 72.8 Å². The molecule has 0 saturated carbocycles. The van der Waals surface area contributed by atoms with E-state index >= 15 is 0 Å². The zero-order valence-corrected chi connectivity index (χ0v) is 23.6. The quantitative estimate of drug-likeness (QED) is 0.226. The number of rotatable bonds is 7. The molecule has 1 aliphatic heterocycles. The first-order valence-electron chi connectivity index (χ1n) is 13.5. The molecule has 39 heavy (non-hydrogen) atoms. The van der Waals surface area contributed by atoms with Crippen LogP contribution in [0, 0.1) is 0 Å². The van der Waals surface area contributed by atoms with Gasteiger partial charge in [0, 0.05) is 13.0 Å². The van der Waals surface area contributed by atoms with Crippen molar-refractivity contribution in [2.45, 2.75) is 44.5 Å². The summed E-state index contributed by atoms with van der Waals surface area (Å²) in [5, 5.41) is 3.49. The molecule has 4 nitrogen and oxygen atoms in total. The standard InChI is InChI=1S/C34H35NO3P/c1-34(2,3)38-33(37)31(26-16-8-4-9-17-26)35-25-24-30(32(35)36)39(27-18-10-5-11-19-27,28-20-12-6-13-21-28)29-22-14-7-15-23-29/h4-23,30-31H,24-25H2,1-3H3/q+1. The van der Waals surface area contributed by atoms with E-state index in [1.807, 2.05) is 69.3 Å². The normalized spacial score (nSPS) is 16.6. The Labute approximate surface area is 232 Å². The third kappa shape index (κ3) is 5.27. The van der Waals surface area contributed by atoms with Gasteiger partial charge in [0.25, 0.3) is 5.91 Å². The second-order valence-corrected chi connectivity index (χ2v) is 14.5. The summed E-state index contributed by atoms with van der Waals surface area (Å²) in [6.07, 6.45) is 0.650. The average Bonchev–Trinajstić information content (AvgIpc) is 3.31. The number of carbonyl (C=O) groups excluding carboxylic acids is 2. The molecule has 2 atom stereocenters. The first-order chi connectivity index (χ1) is 18.8. The number of hydrogen-bond donors (Lipinski definition) is 0. The minimum absolute atomic E-state index is 0.000366. The maximum absolute atomic E-state index is 14.7. The molecule has 0 bridgehead atoms. The summed E-state index contributed by atoms with van der Waals surface area (Å²) in [6, 6.07) is 40.1. The Hall–Kier alpha value is -3.75. The lowest BCUT2D eigenvalue weighted by Gasteiger charge is -2.33. The third-order valence-electron chi connectivity index (χ3n) is 7.23. The molecule has 198 valence electrons. The van der Waals surface area contributed by atoms with Gasteiger partial charge < -0.3 is 9.64 Å². The molecule has 0 radical (unpaired) electrons. The zero-order valence-electron chi connectivity index (χ0n) is 22.7. The van der Waals surface area contributed by atoms with Gasteiger partial charge in [-0.25, -0.2) is 4.79 Å². The van der Waals surface area contributed by atoms with E-state index in [0.717, 1.165) is 21.5 Å². The van der Waals surface area contributed by atoms with Crippen molar-refractivity contribution >= 4 is 35.1 Å². The predicted octanol–water partition coefficient (Wildman–Crippen LogP) is 5.66. The molecular weight excluding hydrogens is 501 g/mol. The van der Waals surface area contributed by atoms with Crippen LogP contribution in [0.1, 0.15) is 38.8 Å². The fourth-order valence-electron chi connectivity index (χ4n) is 5.71. The van der Waals surface area contributed by atoms with Gasteiger partial charge in [0.05, 0.1) is 0 Å². The van der Waals surface area contributed by atoms with Crippen LogP contribution in [0.15, 0.2) is 121 Å². The molecule has 4 aromatic rings. The Morgan fingerprint density at radius 3 is 1.56 bits per heavy atom. The smallest absolute Gasteiger partial charge is 0.334 e. The van der Waals surface area contributed by atoms with E-state index in [1.165, 1.54) is 0 Å². The number of benzene rings is 4. The number of amides is 1. The Balaban J connectivity index is 1.67. The van der Waals surface area contributed by atoms with Crippen LogP contribution in [0.3, 0.4) is 0 Å². The molecule has 1 amide bonds. The van der Waals surface area contributed by atoms with E-state index in [1.54, 1.807) is 4.90 Å². The van der Waals surface area contributed by atoms with Crippen molar-refractivity contribution in [3.63, 3.8) is 0 Å².